The topological polar surface area (TPSA) is 51.1 Å². The van der Waals surface area contributed by atoms with Crippen molar-refractivity contribution < 1.29 is 9.18 Å². The van der Waals surface area contributed by atoms with E-state index in [0.717, 1.165) is 12.0 Å². The molecular formula is C22H18ClFN2O2. The van der Waals surface area contributed by atoms with E-state index in [0.29, 0.717) is 35.1 Å². The molecule has 1 unspecified atom stereocenters. The summed E-state index contributed by atoms with van der Waals surface area (Å²) in [6.07, 6.45) is 0.731. The van der Waals surface area contributed by atoms with Gasteiger partial charge >= 0.3 is 0 Å². The number of aromatic nitrogens is 1. The summed E-state index contributed by atoms with van der Waals surface area (Å²) in [6, 6.07) is 16.0. The van der Waals surface area contributed by atoms with Gasteiger partial charge in [-0.1, -0.05) is 29.8 Å². The van der Waals surface area contributed by atoms with Crippen molar-refractivity contribution in [3.8, 4) is 0 Å². The fraction of sp³-hybridized carbons (Fsp3) is 0.182. The molecule has 1 aliphatic heterocycles. The third-order valence-corrected chi connectivity index (χ3v) is 5.37. The van der Waals surface area contributed by atoms with Crippen LogP contribution in [-0.4, -0.2) is 16.9 Å². The average molecular weight is 397 g/mol. The molecule has 0 amide bonds. The van der Waals surface area contributed by atoms with Crippen LogP contribution >= 0.6 is 11.6 Å². The van der Waals surface area contributed by atoms with Gasteiger partial charge in [-0.05, 0) is 54.3 Å². The van der Waals surface area contributed by atoms with E-state index in [-0.39, 0.29) is 17.3 Å². The summed E-state index contributed by atoms with van der Waals surface area (Å²) in [6.45, 7) is 1.12. The first-order chi connectivity index (χ1) is 13.5. The van der Waals surface area contributed by atoms with Crippen molar-refractivity contribution >= 4 is 23.2 Å². The third-order valence-electron chi connectivity index (χ3n) is 5.00. The van der Waals surface area contributed by atoms with Gasteiger partial charge in [0.1, 0.15) is 11.6 Å². The Morgan fingerprint density at radius 2 is 1.86 bits per heavy atom. The maximum atomic E-state index is 13.2. The molecule has 1 N–H and O–H groups in total. The number of benzene rings is 2. The molecule has 3 aromatic rings. The van der Waals surface area contributed by atoms with Crippen LogP contribution in [0.15, 0.2) is 65.5 Å². The van der Waals surface area contributed by atoms with Crippen molar-refractivity contribution in [1.82, 2.24) is 4.57 Å². The number of hydrogen-bond donors (Lipinski definition) is 1. The molecule has 2 heterocycles. The van der Waals surface area contributed by atoms with E-state index >= 15 is 0 Å². The second-order valence-electron chi connectivity index (χ2n) is 6.92. The summed E-state index contributed by atoms with van der Waals surface area (Å²) in [5.74, 6) is 0.0303. The van der Waals surface area contributed by atoms with Gasteiger partial charge in [-0.25, -0.2) is 4.39 Å². The second-order valence-corrected chi connectivity index (χ2v) is 7.33. The van der Waals surface area contributed by atoms with Crippen molar-refractivity contribution in [3.63, 3.8) is 0 Å². The predicted molar refractivity (Wildman–Crippen MR) is 108 cm³/mol. The minimum Gasteiger partial charge on any atom is -0.370 e. The molecule has 4 nitrogen and oxygen atoms in total. The van der Waals surface area contributed by atoms with Crippen LogP contribution in [0.5, 0.6) is 0 Å². The maximum absolute atomic E-state index is 13.2. The fourth-order valence-electron chi connectivity index (χ4n) is 3.57. The van der Waals surface area contributed by atoms with Crippen molar-refractivity contribution in [2.45, 2.75) is 13.0 Å². The molecule has 0 bridgehead atoms. The number of carbonyl (C=O) groups excluding carboxylic acids is 1. The standard InChI is InChI=1S/C22H18ClFN2O2/c23-19-4-2-1-3-16(19)11-14-12-25-22-18(9-10-20(27)26(22)13-14)21(28)15-5-7-17(24)8-6-15/h1-10,14,25H,11-13H2. The normalized spacial score (nSPS) is 15.6. The number of nitrogens with one attached hydrogen (secondary N) is 1. The second kappa shape index (κ2) is 7.60. The lowest BCUT2D eigenvalue weighted by molar-refractivity contribution is 0.103. The summed E-state index contributed by atoms with van der Waals surface area (Å²) < 4.78 is 14.7. The number of pyridine rings is 1. The minimum absolute atomic E-state index is 0.165. The fourth-order valence-corrected chi connectivity index (χ4v) is 3.78. The Hall–Kier alpha value is -2.92. The van der Waals surface area contributed by atoms with Gasteiger partial charge in [0, 0.05) is 29.7 Å². The van der Waals surface area contributed by atoms with Crippen LogP contribution in [0, 0.1) is 11.7 Å². The lowest BCUT2D eigenvalue weighted by atomic mass is 9.96. The van der Waals surface area contributed by atoms with Crippen LogP contribution in [0.4, 0.5) is 10.2 Å². The van der Waals surface area contributed by atoms with Gasteiger partial charge in [-0.3, -0.25) is 14.2 Å². The summed E-state index contributed by atoms with van der Waals surface area (Å²) in [5.41, 5.74) is 1.65. The maximum Gasteiger partial charge on any atom is 0.252 e. The van der Waals surface area contributed by atoms with E-state index in [4.69, 9.17) is 11.6 Å². The molecule has 0 spiro atoms. The lowest BCUT2D eigenvalue weighted by Crippen LogP contribution is -2.37. The van der Waals surface area contributed by atoms with Crippen molar-refractivity contribution in [1.29, 1.82) is 0 Å². The summed E-state index contributed by atoms with van der Waals surface area (Å²) in [5, 5.41) is 3.96. The van der Waals surface area contributed by atoms with E-state index in [1.165, 1.54) is 36.4 Å². The summed E-state index contributed by atoms with van der Waals surface area (Å²) >= 11 is 6.26. The van der Waals surface area contributed by atoms with Crippen LogP contribution in [0.3, 0.4) is 0 Å². The smallest absolute Gasteiger partial charge is 0.252 e. The number of hydrogen-bond acceptors (Lipinski definition) is 3. The Bertz CT molecular complexity index is 1090. The van der Waals surface area contributed by atoms with Crippen LogP contribution < -0.4 is 10.9 Å². The molecule has 0 saturated carbocycles. The molecule has 2 aromatic carbocycles. The molecule has 6 heteroatoms. The van der Waals surface area contributed by atoms with E-state index in [1.807, 2.05) is 24.3 Å². The quantitative estimate of drug-likeness (QED) is 0.674. The number of ketones is 1. The van der Waals surface area contributed by atoms with Gasteiger partial charge in [0.05, 0.1) is 5.56 Å². The SMILES string of the molecule is O=C(c1ccc(F)cc1)c1ccc(=O)n2c1NCC(Cc1ccccc1Cl)C2. The number of carbonyl (C=O) groups is 1. The zero-order valence-corrected chi connectivity index (χ0v) is 15.7. The van der Waals surface area contributed by atoms with Crippen LogP contribution in [0.1, 0.15) is 21.5 Å². The van der Waals surface area contributed by atoms with E-state index in [1.54, 1.807) is 4.57 Å². The Morgan fingerprint density at radius 3 is 2.61 bits per heavy atom. The minimum atomic E-state index is -0.400. The Morgan fingerprint density at radius 1 is 1.11 bits per heavy atom. The predicted octanol–water partition coefficient (Wildman–Crippen LogP) is 4.16. The molecule has 0 aliphatic carbocycles. The molecular weight excluding hydrogens is 379 g/mol. The van der Waals surface area contributed by atoms with Gasteiger partial charge in [-0.2, -0.15) is 0 Å². The summed E-state index contributed by atoms with van der Waals surface area (Å²) in [7, 11) is 0. The average Bonchev–Trinajstić information content (AvgIpc) is 2.70. The van der Waals surface area contributed by atoms with Gasteiger partial charge in [-0.15, -0.1) is 0 Å². The van der Waals surface area contributed by atoms with Crippen molar-refractivity contribution in [3.05, 3.63) is 98.5 Å². The third kappa shape index (κ3) is 3.58. The molecule has 28 heavy (non-hydrogen) atoms. The molecule has 1 atom stereocenters. The lowest BCUT2D eigenvalue weighted by Gasteiger charge is -2.29. The van der Waals surface area contributed by atoms with Gasteiger partial charge in [0.2, 0.25) is 0 Å². The molecule has 4 rings (SSSR count). The largest absolute Gasteiger partial charge is 0.370 e. The Kier molecular flexibility index (Phi) is 5.01. The Balaban J connectivity index is 1.63. The first-order valence-electron chi connectivity index (χ1n) is 9.04. The van der Waals surface area contributed by atoms with Crippen molar-refractivity contribution in [2.75, 3.05) is 11.9 Å². The van der Waals surface area contributed by atoms with Crippen LogP contribution in [0.25, 0.3) is 0 Å². The first kappa shape index (κ1) is 18.4. The van der Waals surface area contributed by atoms with E-state index < -0.39 is 5.82 Å². The monoisotopic (exact) mass is 396 g/mol. The van der Waals surface area contributed by atoms with Crippen LogP contribution in [-0.2, 0) is 13.0 Å². The van der Waals surface area contributed by atoms with Gasteiger partial charge in [0.15, 0.2) is 5.78 Å². The number of rotatable bonds is 4. The van der Waals surface area contributed by atoms with Gasteiger partial charge < -0.3 is 5.32 Å². The highest BCUT2D eigenvalue weighted by molar-refractivity contribution is 6.31. The highest BCUT2D eigenvalue weighted by Gasteiger charge is 2.25. The summed E-state index contributed by atoms with van der Waals surface area (Å²) in [4.78, 5) is 25.3. The molecule has 0 radical (unpaired) electrons. The van der Waals surface area contributed by atoms with E-state index in [2.05, 4.69) is 5.32 Å². The Labute approximate surface area is 166 Å². The van der Waals surface area contributed by atoms with E-state index in [9.17, 15) is 14.0 Å². The highest BCUT2D eigenvalue weighted by atomic mass is 35.5. The highest BCUT2D eigenvalue weighted by Crippen LogP contribution is 2.26. The number of nitrogens with zero attached hydrogens (tertiary/aromatic N) is 1. The first-order valence-corrected chi connectivity index (χ1v) is 9.42. The number of anilines is 1. The van der Waals surface area contributed by atoms with Gasteiger partial charge in [0.25, 0.3) is 5.56 Å². The molecule has 1 aromatic heterocycles. The molecule has 142 valence electrons. The zero-order chi connectivity index (χ0) is 19.7. The number of fused-ring (bicyclic) bond motifs is 1. The molecule has 1 aliphatic rings. The zero-order valence-electron chi connectivity index (χ0n) is 15.0. The number of halogens is 2. The van der Waals surface area contributed by atoms with Crippen molar-refractivity contribution in [2.24, 2.45) is 5.92 Å². The molecule has 0 saturated heterocycles. The molecule has 0 fully saturated rings. The van der Waals surface area contributed by atoms with Crippen LogP contribution in [0.2, 0.25) is 5.02 Å².